The summed E-state index contributed by atoms with van der Waals surface area (Å²) in [4.78, 5) is 6.95. The lowest BCUT2D eigenvalue weighted by atomic mass is 10.2. The molecule has 0 amide bonds. The molecule has 2 rings (SSSR count). The van der Waals surface area contributed by atoms with E-state index in [1.165, 1.54) is 5.56 Å². The minimum Gasteiger partial charge on any atom is -0.472 e. The zero-order valence-electron chi connectivity index (χ0n) is 13.2. The molecule has 0 atom stereocenters. The molecule has 0 unspecified atom stereocenters. The van der Waals surface area contributed by atoms with Gasteiger partial charge in [0.25, 0.3) is 0 Å². The van der Waals surface area contributed by atoms with Crippen LogP contribution in [0.15, 0.2) is 41.2 Å². The number of furan rings is 1. The van der Waals surface area contributed by atoms with Crippen LogP contribution in [0.2, 0.25) is 0 Å². The predicted molar refractivity (Wildman–Crippen MR) is 84.7 cm³/mol. The van der Waals surface area contributed by atoms with Crippen LogP contribution in [0.25, 0.3) is 0 Å². The third-order valence-electron chi connectivity index (χ3n) is 3.19. The number of nitrogens with zero attached hydrogens (tertiary/aromatic N) is 2. The predicted octanol–water partition coefficient (Wildman–Crippen LogP) is 3.05. The summed E-state index contributed by atoms with van der Waals surface area (Å²) >= 11 is 0. The van der Waals surface area contributed by atoms with Crippen molar-refractivity contribution in [3.05, 3.63) is 53.7 Å². The van der Waals surface area contributed by atoms with Gasteiger partial charge >= 0.3 is 0 Å². The van der Waals surface area contributed by atoms with Gasteiger partial charge in [0.15, 0.2) is 0 Å². The van der Waals surface area contributed by atoms with Crippen LogP contribution in [0.1, 0.15) is 30.8 Å². The Morgan fingerprint density at radius 2 is 2.00 bits per heavy atom. The van der Waals surface area contributed by atoms with Gasteiger partial charge in [-0.1, -0.05) is 19.9 Å². The van der Waals surface area contributed by atoms with E-state index in [9.17, 15) is 0 Å². The second-order valence-corrected chi connectivity index (χ2v) is 5.95. The summed E-state index contributed by atoms with van der Waals surface area (Å²) < 4.78 is 5.10. The molecular weight excluding hydrogens is 262 g/mol. The van der Waals surface area contributed by atoms with Crippen molar-refractivity contribution in [1.29, 1.82) is 0 Å². The molecule has 2 heterocycles. The van der Waals surface area contributed by atoms with Crippen LogP contribution in [0.5, 0.6) is 0 Å². The van der Waals surface area contributed by atoms with E-state index in [2.05, 4.69) is 49.3 Å². The highest BCUT2D eigenvalue weighted by atomic mass is 16.3. The third kappa shape index (κ3) is 5.69. The molecule has 21 heavy (non-hydrogen) atoms. The second kappa shape index (κ2) is 7.96. The van der Waals surface area contributed by atoms with Gasteiger partial charge < -0.3 is 9.73 Å². The van der Waals surface area contributed by atoms with Crippen molar-refractivity contribution in [1.82, 2.24) is 15.2 Å². The van der Waals surface area contributed by atoms with E-state index in [4.69, 9.17) is 9.40 Å². The Morgan fingerprint density at radius 3 is 2.71 bits per heavy atom. The molecule has 2 aromatic rings. The lowest BCUT2D eigenvalue weighted by Gasteiger charge is -2.15. The molecule has 0 fully saturated rings. The van der Waals surface area contributed by atoms with E-state index in [1.807, 2.05) is 6.07 Å². The van der Waals surface area contributed by atoms with Crippen LogP contribution in [0, 0.1) is 5.92 Å². The minimum absolute atomic E-state index is 0.661. The summed E-state index contributed by atoms with van der Waals surface area (Å²) in [5.74, 6) is 0.661. The van der Waals surface area contributed by atoms with E-state index in [0.29, 0.717) is 5.92 Å². The lowest BCUT2D eigenvalue weighted by molar-refractivity contribution is 0.313. The molecular formula is C17H25N3O. The van der Waals surface area contributed by atoms with Crippen LogP contribution in [-0.2, 0) is 19.6 Å². The molecule has 0 radical (unpaired) electrons. The average Bonchev–Trinajstić information content (AvgIpc) is 2.91. The first-order valence-electron chi connectivity index (χ1n) is 7.48. The first-order chi connectivity index (χ1) is 10.1. The van der Waals surface area contributed by atoms with Gasteiger partial charge in [0.2, 0.25) is 0 Å². The van der Waals surface area contributed by atoms with Crippen molar-refractivity contribution >= 4 is 0 Å². The topological polar surface area (TPSA) is 41.3 Å². The number of aromatic nitrogens is 1. The Hall–Kier alpha value is -1.65. The first kappa shape index (κ1) is 15.7. The maximum Gasteiger partial charge on any atom is 0.0947 e. The Morgan fingerprint density at radius 1 is 1.19 bits per heavy atom. The number of nitrogens with one attached hydrogen (secondary N) is 1. The van der Waals surface area contributed by atoms with Crippen molar-refractivity contribution in [2.45, 2.75) is 33.5 Å². The van der Waals surface area contributed by atoms with Gasteiger partial charge in [-0.15, -0.1) is 0 Å². The highest BCUT2D eigenvalue weighted by Gasteiger charge is 2.05. The second-order valence-electron chi connectivity index (χ2n) is 5.95. The van der Waals surface area contributed by atoms with Crippen molar-refractivity contribution in [3.8, 4) is 0 Å². The van der Waals surface area contributed by atoms with E-state index >= 15 is 0 Å². The lowest BCUT2D eigenvalue weighted by Crippen LogP contribution is -2.21. The summed E-state index contributed by atoms with van der Waals surface area (Å²) in [5, 5.41) is 3.43. The average molecular weight is 287 g/mol. The van der Waals surface area contributed by atoms with Gasteiger partial charge in [-0.2, -0.15) is 0 Å². The number of hydrogen-bond acceptors (Lipinski definition) is 4. The van der Waals surface area contributed by atoms with Crippen LogP contribution in [0.4, 0.5) is 0 Å². The van der Waals surface area contributed by atoms with Crippen LogP contribution < -0.4 is 5.32 Å². The quantitative estimate of drug-likeness (QED) is 0.810. The van der Waals surface area contributed by atoms with Gasteiger partial charge in [0.05, 0.1) is 23.9 Å². The first-order valence-corrected chi connectivity index (χ1v) is 7.48. The molecule has 0 aliphatic carbocycles. The van der Waals surface area contributed by atoms with Crippen molar-refractivity contribution in [3.63, 3.8) is 0 Å². The highest BCUT2D eigenvalue weighted by Crippen LogP contribution is 2.08. The fraction of sp³-hybridized carbons (Fsp3) is 0.471. The minimum atomic E-state index is 0.661. The van der Waals surface area contributed by atoms with Crippen LogP contribution in [-0.4, -0.2) is 23.5 Å². The van der Waals surface area contributed by atoms with E-state index in [1.54, 1.807) is 12.5 Å². The number of hydrogen-bond donors (Lipinski definition) is 1. The summed E-state index contributed by atoms with van der Waals surface area (Å²) in [6.45, 7) is 7.98. The van der Waals surface area contributed by atoms with Gasteiger partial charge in [0.1, 0.15) is 0 Å². The fourth-order valence-electron chi connectivity index (χ4n) is 2.23. The monoisotopic (exact) mass is 287 g/mol. The molecule has 4 nitrogen and oxygen atoms in total. The normalized spacial score (nSPS) is 11.5. The number of rotatable bonds is 8. The maximum atomic E-state index is 5.10. The SMILES string of the molecule is CC(C)CNCc1cccc(CN(C)Cc2ccoc2)n1. The number of pyridine rings is 1. The Balaban J connectivity index is 1.85. The van der Waals surface area contributed by atoms with E-state index in [-0.39, 0.29) is 0 Å². The molecule has 0 aliphatic rings. The molecule has 0 saturated carbocycles. The van der Waals surface area contributed by atoms with Crippen molar-refractivity contribution in [2.75, 3.05) is 13.6 Å². The molecule has 2 aromatic heterocycles. The summed E-state index contributed by atoms with van der Waals surface area (Å²) in [7, 11) is 2.10. The summed E-state index contributed by atoms with van der Waals surface area (Å²) in [6, 6.07) is 8.24. The van der Waals surface area contributed by atoms with Crippen LogP contribution >= 0.6 is 0 Å². The van der Waals surface area contributed by atoms with Gasteiger partial charge in [0, 0.05) is 25.2 Å². The molecule has 0 aromatic carbocycles. The summed E-state index contributed by atoms with van der Waals surface area (Å²) in [5.41, 5.74) is 3.39. The van der Waals surface area contributed by atoms with E-state index < -0.39 is 0 Å². The van der Waals surface area contributed by atoms with Gasteiger partial charge in [-0.25, -0.2) is 0 Å². The standard InChI is InChI=1S/C17H25N3O/c1-14(2)9-18-10-16-5-4-6-17(19-16)12-20(3)11-15-7-8-21-13-15/h4-8,13-14,18H,9-12H2,1-3H3. The third-order valence-corrected chi connectivity index (χ3v) is 3.19. The summed E-state index contributed by atoms with van der Waals surface area (Å²) in [6.07, 6.45) is 3.50. The molecule has 1 N–H and O–H groups in total. The van der Waals surface area contributed by atoms with Crippen molar-refractivity contribution < 1.29 is 4.42 Å². The van der Waals surface area contributed by atoms with Crippen molar-refractivity contribution in [2.24, 2.45) is 5.92 Å². The molecule has 114 valence electrons. The van der Waals surface area contributed by atoms with Gasteiger partial charge in [-0.05, 0) is 37.7 Å². The molecule has 0 spiro atoms. The zero-order valence-corrected chi connectivity index (χ0v) is 13.2. The molecule has 0 saturated heterocycles. The Labute approximate surface area is 127 Å². The fourth-order valence-corrected chi connectivity index (χ4v) is 2.23. The Bertz CT molecular complexity index is 523. The molecule has 4 heteroatoms. The van der Waals surface area contributed by atoms with E-state index in [0.717, 1.165) is 37.6 Å². The highest BCUT2D eigenvalue weighted by molar-refractivity contribution is 5.12. The van der Waals surface area contributed by atoms with Crippen LogP contribution in [0.3, 0.4) is 0 Å². The smallest absolute Gasteiger partial charge is 0.0947 e. The molecule has 0 aliphatic heterocycles. The molecule has 0 bridgehead atoms. The zero-order chi connectivity index (χ0) is 15.1. The Kier molecular flexibility index (Phi) is 5.96. The maximum absolute atomic E-state index is 5.10. The van der Waals surface area contributed by atoms with Gasteiger partial charge in [-0.3, -0.25) is 9.88 Å². The largest absolute Gasteiger partial charge is 0.472 e.